The van der Waals surface area contributed by atoms with Crippen LogP contribution in [-0.2, 0) is 11.3 Å². The molecule has 0 fully saturated rings. The van der Waals surface area contributed by atoms with Crippen LogP contribution in [0, 0.1) is 12.7 Å². The summed E-state index contributed by atoms with van der Waals surface area (Å²) in [6.07, 6.45) is 1.33. The highest BCUT2D eigenvalue weighted by atomic mass is 35.5. The van der Waals surface area contributed by atoms with Crippen molar-refractivity contribution in [1.29, 1.82) is 0 Å². The maximum atomic E-state index is 14.2. The average Bonchev–Trinajstić information content (AvgIpc) is 2.94. The van der Waals surface area contributed by atoms with Crippen molar-refractivity contribution in [1.82, 2.24) is 4.57 Å². The Morgan fingerprint density at radius 3 is 2.52 bits per heavy atom. The SMILES string of the molecule is CCOC(=O)c1ccc2c(c1)c(-c1ccc(F)cc1)c(C)n2CC(F)=CCN.Cl. The summed E-state index contributed by atoms with van der Waals surface area (Å²) < 4.78 is 34.5. The number of allylic oxidation sites excluding steroid dienone is 1. The highest BCUT2D eigenvalue weighted by Gasteiger charge is 2.19. The molecular formula is C22H23ClF2N2O2. The number of halogens is 3. The van der Waals surface area contributed by atoms with Crippen molar-refractivity contribution in [2.24, 2.45) is 5.73 Å². The molecular weight excluding hydrogens is 398 g/mol. The summed E-state index contributed by atoms with van der Waals surface area (Å²) >= 11 is 0. The Bertz CT molecular complexity index is 1040. The van der Waals surface area contributed by atoms with Crippen LogP contribution in [-0.4, -0.2) is 23.7 Å². The molecule has 2 N–H and O–H groups in total. The number of rotatable bonds is 6. The van der Waals surface area contributed by atoms with Gasteiger partial charge in [0.2, 0.25) is 0 Å². The quantitative estimate of drug-likeness (QED) is 0.560. The van der Waals surface area contributed by atoms with E-state index in [-0.39, 0.29) is 43.7 Å². The van der Waals surface area contributed by atoms with Crippen molar-refractivity contribution in [2.75, 3.05) is 13.2 Å². The highest BCUT2D eigenvalue weighted by Crippen LogP contribution is 2.36. The fourth-order valence-electron chi connectivity index (χ4n) is 3.35. The Morgan fingerprint density at radius 2 is 1.90 bits per heavy atom. The Hall–Kier alpha value is -2.70. The zero-order chi connectivity index (χ0) is 20.3. The zero-order valence-electron chi connectivity index (χ0n) is 16.2. The van der Waals surface area contributed by atoms with Gasteiger partial charge in [-0.1, -0.05) is 12.1 Å². The van der Waals surface area contributed by atoms with Gasteiger partial charge in [-0.05, 0) is 55.8 Å². The molecule has 0 radical (unpaired) electrons. The average molecular weight is 421 g/mol. The van der Waals surface area contributed by atoms with Gasteiger partial charge in [-0.15, -0.1) is 12.4 Å². The largest absolute Gasteiger partial charge is 0.462 e. The van der Waals surface area contributed by atoms with E-state index in [2.05, 4.69) is 0 Å². The second-order valence-corrected chi connectivity index (χ2v) is 6.39. The van der Waals surface area contributed by atoms with E-state index in [9.17, 15) is 13.6 Å². The molecule has 3 rings (SSSR count). The van der Waals surface area contributed by atoms with E-state index >= 15 is 0 Å². The number of aromatic nitrogens is 1. The number of nitrogens with zero attached hydrogens (tertiary/aromatic N) is 1. The number of hydrogen-bond donors (Lipinski definition) is 1. The van der Waals surface area contributed by atoms with E-state index in [1.54, 1.807) is 37.3 Å². The summed E-state index contributed by atoms with van der Waals surface area (Å²) in [7, 11) is 0. The van der Waals surface area contributed by atoms with Gasteiger partial charge in [-0.2, -0.15) is 0 Å². The normalized spacial score (nSPS) is 11.4. The third-order valence-electron chi connectivity index (χ3n) is 4.62. The first kappa shape index (κ1) is 22.6. The lowest BCUT2D eigenvalue weighted by atomic mass is 10.0. The van der Waals surface area contributed by atoms with Crippen LogP contribution in [0.1, 0.15) is 23.0 Å². The summed E-state index contributed by atoms with van der Waals surface area (Å²) in [6.45, 7) is 4.03. The van der Waals surface area contributed by atoms with Crippen LogP contribution in [0.4, 0.5) is 8.78 Å². The summed E-state index contributed by atoms with van der Waals surface area (Å²) in [6, 6.07) is 11.3. The standard InChI is InChI=1S/C22H22F2N2O2.ClH/c1-3-28-22(27)16-6-9-20-19(12-16)21(15-4-7-17(23)8-5-15)14(2)26(20)13-18(24)10-11-25;/h4-10,12H,3,11,13,25H2,1-2H3;1H. The fourth-order valence-corrected chi connectivity index (χ4v) is 3.35. The topological polar surface area (TPSA) is 57.2 Å². The lowest BCUT2D eigenvalue weighted by Crippen LogP contribution is -2.05. The number of carbonyl (C=O) groups excluding carboxylic acids is 1. The lowest BCUT2D eigenvalue weighted by Gasteiger charge is -2.08. The van der Waals surface area contributed by atoms with Gasteiger partial charge in [0, 0.05) is 28.7 Å². The molecule has 0 amide bonds. The predicted molar refractivity (Wildman–Crippen MR) is 114 cm³/mol. The lowest BCUT2D eigenvalue weighted by molar-refractivity contribution is 0.0526. The first-order chi connectivity index (χ1) is 13.5. The van der Waals surface area contributed by atoms with Crippen molar-refractivity contribution < 1.29 is 18.3 Å². The third kappa shape index (κ3) is 4.66. The number of esters is 1. The molecule has 0 saturated heterocycles. The molecule has 29 heavy (non-hydrogen) atoms. The molecule has 0 saturated carbocycles. The second-order valence-electron chi connectivity index (χ2n) is 6.39. The van der Waals surface area contributed by atoms with Crippen molar-refractivity contribution in [3.05, 3.63) is 71.4 Å². The van der Waals surface area contributed by atoms with Crippen LogP contribution in [0.15, 0.2) is 54.4 Å². The van der Waals surface area contributed by atoms with Gasteiger partial charge < -0.3 is 15.0 Å². The minimum absolute atomic E-state index is 0. The molecule has 4 nitrogen and oxygen atoms in total. The van der Waals surface area contributed by atoms with Crippen LogP contribution < -0.4 is 5.73 Å². The van der Waals surface area contributed by atoms with Crippen LogP contribution in [0.5, 0.6) is 0 Å². The maximum absolute atomic E-state index is 14.2. The van der Waals surface area contributed by atoms with E-state index in [0.717, 1.165) is 27.7 Å². The van der Waals surface area contributed by atoms with Crippen LogP contribution in [0.25, 0.3) is 22.0 Å². The monoisotopic (exact) mass is 420 g/mol. The smallest absolute Gasteiger partial charge is 0.338 e. The van der Waals surface area contributed by atoms with Crippen LogP contribution in [0.2, 0.25) is 0 Å². The van der Waals surface area contributed by atoms with Gasteiger partial charge >= 0.3 is 5.97 Å². The zero-order valence-corrected chi connectivity index (χ0v) is 17.1. The number of fused-ring (bicyclic) bond motifs is 1. The molecule has 1 aromatic heterocycles. The van der Waals surface area contributed by atoms with Gasteiger partial charge in [-0.25, -0.2) is 13.6 Å². The Balaban J connectivity index is 0.00000300. The maximum Gasteiger partial charge on any atom is 0.338 e. The fraction of sp³-hybridized carbons (Fsp3) is 0.227. The molecule has 0 atom stereocenters. The van der Waals surface area contributed by atoms with Crippen molar-refractivity contribution in [3.8, 4) is 11.1 Å². The van der Waals surface area contributed by atoms with E-state index in [1.165, 1.54) is 18.2 Å². The molecule has 0 aliphatic heterocycles. The molecule has 0 aliphatic rings. The van der Waals surface area contributed by atoms with Gasteiger partial charge in [0.25, 0.3) is 0 Å². The summed E-state index contributed by atoms with van der Waals surface area (Å²) in [5, 5.41) is 0.773. The second kappa shape index (κ2) is 9.67. The molecule has 154 valence electrons. The first-order valence-corrected chi connectivity index (χ1v) is 9.06. The van der Waals surface area contributed by atoms with E-state index in [0.29, 0.717) is 5.56 Å². The minimum atomic E-state index is -0.422. The molecule has 0 aliphatic carbocycles. The van der Waals surface area contributed by atoms with Gasteiger partial charge in [-0.3, -0.25) is 0 Å². The molecule has 2 aromatic carbocycles. The number of hydrogen-bond acceptors (Lipinski definition) is 3. The molecule has 0 bridgehead atoms. The molecule has 7 heteroatoms. The summed E-state index contributed by atoms with van der Waals surface area (Å²) in [5.74, 6) is -1.11. The Kier molecular flexibility index (Phi) is 7.53. The number of benzene rings is 2. The van der Waals surface area contributed by atoms with Gasteiger partial charge in [0.05, 0.1) is 18.7 Å². The van der Waals surface area contributed by atoms with Gasteiger partial charge in [0.1, 0.15) is 11.6 Å². The Labute approximate surface area is 174 Å². The van der Waals surface area contributed by atoms with Crippen LogP contribution >= 0.6 is 12.4 Å². The number of nitrogens with two attached hydrogens (primary N) is 1. The van der Waals surface area contributed by atoms with E-state index in [1.807, 2.05) is 11.5 Å². The summed E-state index contributed by atoms with van der Waals surface area (Å²) in [5.41, 5.74) is 9.01. The van der Waals surface area contributed by atoms with Crippen molar-refractivity contribution >= 4 is 29.3 Å². The molecule has 0 spiro atoms. The van der Waals surface area contributed by atoms with Crippen molar-refractivity contribution in [3.63, 3.8) is 0 Å². The summed E-state index contributed by atoms with van der Waals surface area (Å²) in [4.78, 5) is 12.2. The number of ether oxygens (including phenoxy) is 1. The first-order valence-electron chi connectivity index (χ1n) is 9.06. The van der Waals surface area contributed by atoms with Crippen LogP contribution in [0.3, 0.4) is 0 Å². The van der Waals surface area contributed by atoms with E-state index < -0.39 is 5.97 Å². The highest BCUT2D eigenvalue weighted by molar-refractivity contribution is 6.02. The predicted octanol–water partition coefficient (Wildman–Crippen LogP) is 5.17. The molecule has 1 heterocycles. The van der Waals surface area contributed by atoms with Gasteiger partial charge in [0.15, 0.2) is 0 Å². The van der Waals surface area contributed by atoms with Crippen molar-refractivity contribution in [2.45, 2.75) is 20.4 Å². The minimum Gasteiger partial charge on any atom is -0.462 e. The molecule has 3 aromatic rings. The number of carbonyl (C=O) groups is 1. The molecule has 0 unspecified atom stereocenters. The Morgan fingerprint density at radius 1 is 1.21 bits per heavy atom. The third-order valence-corrected chi connectivity index (χ3v) is 4.62. The van der Waals surface area contributed by atoms with E-state index in [4.69, 9.17) is 10.5 Å².